The summed E-state index contributed by atoms with van der Waals surface area (Å²) in [4.78, 5) is 22.5. The predicted molar refractivity (Wildman–Crippen MR) is 77.2 cm³/mol. The van der Waals surface area contributed by atoms with Gasteiger partial charge in [0.25, 0.3) is 0 Å². The third-order valence-corrected chi connectivity index (χ3v) is 3.69. The summed E-state index contributed by atoms with van der Waals surface area (Å²) in [7, 11) is 1.31. The van der Waals surface area contributed by atoms with Crippen molar-refractivity contribution in [2.24, 2.45) is 0 Å². The van der Waals surface area contributed by atoms with Crippen LogP contribution in [0.15, 0.2) is 24.3 Å². The van der Waals surface area contributed by atoms with Gasteiger partial charge < -0.3 is 10.1 Å². The summed E-state index contributed by atoms with van der Waals surface area (Å²) < 4.78 is 4.65. The maximum atomic E-state index is 11.5. The molecule has 0 aliphatic heterocycles. The van der Waals surface area contributed by atoms with E-state index in [9.17, 15) is 9.59 Å². The molecule has 1 amide bonds. The fourth-order valence-corrected chi connectivity index (χ4v) is 2.56. The summed E-state index contributed by atoms with van der Waals surface area (Å²) in [6, 6.07) is 6.90. The second-order valence-electron chi connectivity index (χ2n) is 3.92. The molecule has 1 N–H and O–H groups in total. The highest BCUT2D eigenvalue weighted by Crippen LogP contribution is 2.16. The van der Waals surface area contributed by atoms with Gasteiger partial charge in [-0.15, -0.1) is 0 Å². The quantitative estimate of drug-likeness (QED) is 0.819. The van der Waals surface area contributed by atoms with Crippen molar-refractivity contribution >= 4 is 35.2 Å². The van der Waals surface area contributed by atoms with E-state index in [0.29, 0.717) is 10.8 Å². The molecule has 0 radical (unpaired) electrons. The summed E-state index contributed by atoms with van der Waals surface area (Å²) in [6.45, 7) is 1.37. The molecule has 0 spiro atoms. The van der Waals surface area contributed by atoms with Crippen molar-refractivity contribution in [1.29, 1.82) is 0 Å². The zero-order valence-electron chi connectivity index (χ0n) is 10.8. The predicted octanol–water partition coefficient (Wildman–Crippen LogP) is 2.25. The summed E-state index contributed by atoms with van der Waals surface area (Å²) in [5.74, 6) is 0.528. The molecule has 0 saturated heterocycles. The lowest BCUT2D eigenvalue weighted by molar-refractivity contribution is -0.144. The fourth-order valence-electron chi connectivity index (χ4n) is 1.43. The molecular formula is C13H16ClNO3S. The molecule has 104 valence electrons. The molecule has 0 fully saturated rings. The number of hydrogen-bond donors (Lipinski definition) is 1. The number of benzene rings is 1. The number of methoxy groups -OCH3 is 1. The van der Waals surface area contributed by atoms with Crippen molar-refractivity contribution in [1.82, 2.24) is 5.32 Å². The molecule has 1 unspecified atom stereocenters. The van der Waals surface area contributed by atoms with E-state index >= 15 is 0 Å². The van der Waals surface area contributed by atoms with Crippen LogP contribution in [0.3, 0.4) is 0 Å². The molecule has 0 aliphatic rings. The number of carbonyl (C=O) groups is 2. The van der Waals surface area contributed by atoms with Crippen LogP contribution in [0.2, 0.25) is 5.02 Å². The normalized spacial score (nSPS) is 11.7. The number of thioether (sulfide) groups is 1. The van der Waals surface area contributed by atoms with Crippen LogP contribution in [0.25, 0.3) is 0 Å². The van der Waals surface area contributed by atoms with Crippen molar-refractivity contribution in [3.8, 4) is 0 Å². The lowest BCUT2D eigenvalue weighted by Crippen LogP contribution is -2.42. The summed E-state index contributed by atoms with van der Waals surface area (Å²) in [5, 5.41) is 3.26. The van der Waals surface area contributed by atoms with Crippen molar-refractivity contribution in [3.63, 3.8) is 0 Å². The third kappa shape index (κ3) is 5.98. The van der Waals surface area contributed by atoms with Crippen molar-refractivity contribution < 1.29 is 14.3 Å². The molecule has 0 aliphatic carbocycles. The minimum Gasteiger partial charge on any atom is -0.467 e. The first-order valence-corrected chi connectivity index (χ1v) is 7.23. The molecule has 19 heavy (non-hydrogen) atoms. The van der Waals surface area contributed by atoms with Gasteiger partial charge in [-0.2, -0.15) is 11.8 Å². The lowest BCUT2D eigenvalue weighted by Gasteiger charge is -2.14. The van der Waals surface area contributed by atoms with Gasteiger partial charge in [-0.25, -0.2) is 4.79 Å². The van der Waals surface area contributed by atoms with Crippen LogP contribution >= 0.6 is 23.4 Å². The Morgan fingerprint density at radius 1 is 1.37 bits per heavy atom. The number of halogens is 1. The Morgan fingerprint density at radius 3 is 2.53 bits per heavy atom. The molecule has 1 aromatic rings. The van der Waals surface area contributed by atoms with Crippen LogP contribution in [0, 0.1) is 0 Å². The highest BCUT2D eigenvalue weighted by molar-refractivity contribution is 7.98. The Labute approximate surface area is 121 Å². The zero-order chi connectivity index (χ0) is 14.3. The number of nitrogens with one attached hydrogen (secondary N) is 1. The zero-order valence-corrected chi connectivity index (χ0v) is 12.4. The minimum atomic E-state index is -0.611. The molecule has 1 atom stereocenters. The molecule has 6 heteroatoms. The van der Waals surface area contributed by atoms with Gasteiger partial charge >= 0.3 is 5.97 Å². The van der Waals surface area contributed by atoms with Crippen LogP contribution in [-0.2, 0) is 20.1 Å². The van der Waals surface area contributed by atoms with Gasteiger partial charge in [0.15, 0.2) is 0 Å². The van der Waals surface area contributed by atoms with Crippen molar-refractivity contribution in [2.75, 3.05) is 12.9 Å². The average Bonchev–Trinajstić information content (AvgIpc) is 2.38. The van der Waals surface area contributed by atoms with E-state index < -0.39 is 12.0 Å². The Hall–Kier alpha value is -1.20. The molecule has 0 saturated carbocycles. The standard InChI is InChI=1S/C13H16ClNO3S/c1-9(16)15-12(13(17)18-2)8-19-7-10-3-5-11(14)6-4-10/h3-6,12H,7-8H2,1-2H3,(H,15,16). The first-order valence-electron chi connectivity index (χ1n) is 5.70. The molecule has 0 heterocycles. The molecule has 0 aromatic heterocycles. The SMILES string of the molecule is COC(=O)C(CSCc1ccc(Cl)cc1)NC(C)=O. The van der Waals surface area contributed by atoms with Gasteiger partial charge in [0.1, 0.15) is 6.04 Å². The Bertz CT molecular complexity index is 436. The number of carbonyl (C=O) groups excluding carboxylic acids is 2. The number of hydrogen-bond acceptors (Lipinski definition) is 4. The summed E-state index contributed by atoms with van der Waals surface area (Å²) >= 11 is 7.35. The second kappa shape index (κ2) is 8.07. The van der Waals surface area contributed by atoms with Crippen LogP contribution in [0.5, 0.6) is 0 Å². The minimum absolute atomic E-state index is 0.248. The first-order chi connectivity index (χ1) is 9.02. The number of rotatable bonds is 6. The van der Waals surface area contributed by atoms with E-state index in [1.165, 1.54) is 14.0 Å². The van der Waals surface area contributed by atoms with Crippen molar-refractivity contribution in [3.05, 3.63) is 34.9 Å². The monoisotopic (exact) mass is 301 g/mol. The number of esters is 1. The molecule has 0 bridgehead atoms. The molecule has 4 nitrogen and oxygen atoms in total. The van der Waals surface area contributed by atoms with Gasteiger partial charge in [-0.1, -0.05) is 23.7 Å². The summed E-state index contributed by atoms with van der Waals surface area (Å²) in [5.41, 5.74) is 1.11. The second-order valence-corrected chi connectivity index (χ2v) is 5.38. The van der Waals surface area contributed by atoms with Gasteiger partial charge in [-0.05, 0) is 17.7 Å². The summed E-state index contributed by atoms with van der Waals surface area (Å²) in [6.07, 6.45) is 0. The largest absolute Gasteiger partial charge is 0.467 e. The number of amides is 1. The Morgan fingerprint density at radius 2 is 2.00 bits per heavy atom. The van der Waals surface area contributed by atoms with Gasteiger partial charge in [0.2, 0.25) is 5.91 Å². The van der Waals surface area contributed by atoms with Crippen LogP contribution < -0.4 is 5.32 Å². The molecular weight excluding hydrogens is 286 g/mol. The Kier molecular flexibility index (Phi) is 6.73. The van der Waals surface area contributed by atoms with E-state index in [1.54, 1.807) is 11.8 Å². The van der Waals surface area contributed by atoms with Gasteiger partial charge in [0, 0.05) is 23.5 Å². The van der Waals surface area contributed by atoms with Crippen LogP contribution in [-0.4, -0.2) is 30.8 Å². The average molecular weight is 302 g/mol. The molecule has 1 aromatic carbocycles. The van der Waals surface area contributed by atoms with Crippen LogP contribution in [0.1, 0.15) is 12.5 Å². The maximum Gasteiger partial charge on any atom is 0.329 e. The Balaban J connectivity index is 2.45. The van der Waals surface area contributed by atoms with E-state index in [2.05, 4.69) is 10.1 Å². The van der Waals surface area contributed by atoms with Crippen molar-refractivity contribution in [2.45, 2.75) is 18.7 Å². The highest BCUT2D eigenvalue weighted by Gasteiger charge is 2.19. The maximum absolute atomic E-state index is 11.5. The van der Waals surface area contributed by atoms with E-state index in [4.69, 9.17) is 11.6 Å². The smallest absolute Gasteiger partial charge is 0.329 e. The number of ether oxygens (including phenoxy) is 1. The third-order valence-electron chi connectivity index (χ3n) is 2.33. The topological polar surface area (TPSA) is 55.4 Å². The fraction of sp³-hybridized carbons (Fsp3) is 0.385. The van der Waals surface area contributed by atoms with E-state index in [0.717, 1.165) is 11.3 Å². The first kappa shape index (κ1) is 15.9. The highest BCUT2D eigenvalue weighted by atomic mass is 35.5. The van der Waals surface area contributed by atoms with Gasteiger partial charge in [0.05, 0.1) is 7.11 Å². The van der Waals surface area contributed by atoms with E-state index in [-0.39, 0.29) is 5.91 Å². The van der Waals surface area contributed by atoms with E-state index in [1.807, 2.05) is 24.3 Å². The van der Waals surface area contributed by atoms with Gasteiger partial charge in [-0.3, -0.25) is 4.79 Å². The molecule has 1 rings (SSSR count). The van der Waals surface area contributed by atoms with Crippen LogP contribution in [0.4, 0.5) is 0 Å². The lowest BCUT2D eigenvalue weighted by atomic mass is 10.2.